The van der Waals surface area contributed by atoms with Gasteiger partial charge in [0.2, 0.25) is 5.95 Å². The number of aromatic amines is 1. The van der Waals surface area contributed by atoms with Gasteiger partial charge in [-0.05, 0) is 12.8 Å². The topological polar surface area (TPSA) is 137 Å². The van der Waals surface area contributed by atoms with Crippen LogP contribution in [0.3, 0.4) is 0 Å². The van der Waals surface area contributed by atoms with E-state index in [-0.39, 0.29) is 16.7 Å². The van der Waals surface area contributed by atoms with Crippen molar-refractivity contribution in [3.63, 3.8) is 0 Å². The number of rotatable bonds is 3. The van der Waals surface area contributed by atoms with E-state index in [0.29, 0.717) is 5.95 Å². The summed E-state index contributed by atoms with van der Waals surface area (Å²) in [4.78, 5) is 25.1. The van der Waals surface area contributed by atoms with Crippen molar-refractivity contribution >= 4 is 17.1 Å². The highest BCUT2D eigenvalue weighted by Crippen LogP contribution is 2.35. The van der Waals surface area contributed by atoms with Crippen LogP contribution in [0.1, 0.15) is 19.1 Å². The van der Waals surface area contributed by atoms with Gasteiger partial charge < -0.3 is 29.9 Å². The third-order valence-electron chi connectivity index (χ3n) is 4.63. The minimum absolute atomic E-state index is 0.150. The first-order chi connectivity index (χ1) is 11.6. The Morgan fingerprint density at radius 3 is 2.71 bits per heavy atom. The van der Waals surface area contributed by atoms with E-state index < -0.39 is 31.1 Å². The molecule has 2 aromatic heterocycles. The second-order valence-electron chi connectivity index (χ2n) is 6.11. The minimum Gasteiger partial charge on any atom is -0.394 e. The summed E-state index contributed by atoms with van der Waals surface area (Å²) in [5.74, 6) is 0.474. The fraction of sp³-hybridized carbons (Fsp3) is 0.643. The molecule has 0 spiro atoms. The van der Waals surface area contributed by atoms with Crippen LogP contribution in [0.2, 0.25) is 0 Å². The molecule has 0 saturated carbocycles. The predicted molar refractivity (Wildman–Crippen MR) is 82.6 cm³/mol. The van der Waals surface area contributed by atoms with E-state index in [4.69, 9.17) is 4.74 Å². The van der Waals surface area contributed by atoms with Crippen molar-refractivity contribution in [2.45, 2.75) is 37.4 Å². The van der Waals surface area contributed by atoms with Crippen LogP contribution in [-0.2, 0) is 4.74 Å². The molecule has 0 bridgehead atoms. The summed E-state index contributed by atoms with van der Waals surface area (Å²) in [7, 11) is 0. The molecule has 4 heterocycles. The van der Waals surface area contributed by atoms with Crippen molar-refractivity contribution in [1.82, 2.24) is 19.5 Å². The number of aromatic nitrogens is 4. The number of nitrogens with zero attached hydrogens (tertiary/aromatic N) is 4. The van der Waals surface area contributed by atoms with Gasteiger partial charge in [-0.1, -0.05) is 0 Å². The number of anilines is 1. The molecule has 0 aromatic carbocycles. The highest BCUT2D eigenvalue weighted by Gasteiger charge is 2.45. The molecule has 2 fully saturated rings. The van der Waals surface area contributed by atoms with Crippen molar-refractivity contribution in [3.8, 4) is 0 Å². The van der Waals surface area contributed by atoms with Crippen LogP contribution in [0.5, 0.6) is 0 Å². The van der Waals surface area contributed by atoms with Gasteiger partial charge in [0.05, 0.1) is 12.9 Å². The Kier molecular flexibility index (Phi) is 3.76. The molecule has 24 heavy (non-hydrogen) atoms. The normalized spacial score (nSPS) is 30.5. The lowest BCUT2D eigenvalue weighted by Gasteiger charge is -2.23. The zero-order valence-electron chi connectivity index (χ0n) is 12.9. The number of aliphatic hydroxyl groups is 3. The van der Waals surface area contributed by atoms with Crippen molar-refractivity contribution in [3.05, 3.63) is 16.7 Å². The highest BCUT2D eigenvalue weighted by molar-refractivity contribution is 5.74. The maximum Gasteiger partial charge on any atom is 0.278 e. The Morgan fingerprint density at radius 1 is 1.29 bits per heavy atom. The zero-order valence-corrected chi connectivity index (χ0v) is 12.9. The van der Waals surface area contributed by atoms with Crippen molar-refractivity contribution < 1.29 is 20.1 Å². The van der Waals surface area contributed by atoms with E-state index in [9.17, 15) is 20.1 Å². The van der Waals surface area contributed by atoms with Gasteiger partial charge in [-0.2, -0.15) is 0 Å². The molecule has 10 nitrogen and oxygen atoms in total. The number of imidazole rings is 1. The summed E-state index contributed by atoms with van der Waals surface area (Å²) >= 11 is 0. The first kappa shape index (κ1) is 15.5. The maximum absolute atomic E-state index is 12.1. The van der Waals surface area contributed by atoms with Crippen molar-refractivity contribution in [1.29, 1.82) is 0 Å². The van der Waals surface area contributed by atoms with Gasteiger partial charge in [0.1, 0.15) is 18.3 Å². The standard InChI is InChI=1S/C14H19N5O5/c20-5-7-9(21)10(22)13(24-7)19-11-8(12(23)16-6-15-11)17-14(19)18-3-1-2-4-18/h6-7,9-10,13,20-22H,1-5H2,(H,15,16,23)/t7-,9-,10+,13-/m1/s1. The van der Waals surface area contributed by atoms with Crippen molar-refractivity contribution in [2.75, 3.05) is 24.6 Å². The largest absolute Gasteiger partial charge is 0.394 e. The van der Waals surface area contributed by atoms with E-state index in [1.807, 2.05) is 4.90 Å². The maximum atomic E-state index is 12.1. The van der Waals surface area contributed by atoms with E-state index in [1.165, 1.54) is 6.33 Å². The fourth-order valence-electron chi connectivity index (χ4n) is 3.38. The zero-order chi connectivity index (χ0) is 16.8. The second kappa shape index (κ2) is 5.81. The third kappa shape index (κ3) is 2.22. The quantitative estimate of drug-likeness (QED) is 0.522. The molecular weight excluding hydrogens is 318 g/mol. The van der Waals surface area contributed by atoms with Gasteiger partial charge in [-0.15, -0.1) is 0 Å². The van der Waals surface area contributed by atoms with Crippen LogP contribution in [0.25, 0.3) is 11.2 Å². The molecule has 4 N–H and O–H groups in total. The predicted octanol–water partition coefficient (Wildman–Crippen LogP) is -1.67. The molecule has 2 aliphatic heterocycles. The smallest absolute Gasteiger partial charge is 0.278 e. The van der Waals surface area contributed by atoms with E-state index in [2.05, 4.69) is 15.0 Å². The van der Waals surface area contributed by atoms with Crippen LogP contribution >= 0.6 is 0 Å². The Bertz CT molecular complexity index is 798. The van der Waals surface area contributed by atoms with Crippen LogP contribution in [0, 0.1) is 0 Å². The Labute approximate surface area is 136 Å². The third-order valence-corrected chi connectivity index (χ3v) is 4.63. The highest BCUT2D eigenvalue weighted by atomic mass is 16.6. The average molecular weight is 337 g/mol. The van der Waals surface area contributed by atoms with Gasteiger partial charge in [0.25, 0.3) is 5.56 Å². The Morgan fingerprint density at radius 2 is 2.04 bits per heavy atom. The number of hydrogen-bond donors (Lipinski definition) is 4. The molecular formula is C14H19N5O5. The van der Waals surface area contributed by atoms with Gasteiger partial charge in [0.15, 0.2) is 17.4 Å². The summed E-state index contributed by atoms with van der Waals surface area (Å²) in [6.45, 7) is 1.13. The number of hydrogen-bond acceptors (Lipinski definition) is 8. The summed E-state index contributed by atoms with van der Waals surface area (Å²) in [6, 6.07) is 0. The monoisotopic (exact) mass is 337 g/mol. The van der Waals surface area contributed by atoms with Gasteiger partial charge in [-0.3, -0.25) is 9.36 Å². The summed E-state index contributed by atoms with van der Waals surface area (Å²) in [5, 5.41) is 29.7. The van der Waals surface area contributed by atoms with E-state index in [0.717, 1.165) is 25.9 Å². The van der Waals surface area contributed by atoms with Crippen molar-refractivity contribution in [2.24, 2.45) is 0 Å². The first-order valence-corrected chi connectivity index (χ1v) is 7.95. The van der Waals surface area contributed by atoms with Gasteiger partial charge in [0, 0.05) is 13.1 Å². The summed E-state index contributed by atoms with van der Waals surface area (Å²) in [5.41, 5.74) is 0.0403. The second-order valence-corrected chi connectivity index (χ2v) is 6.11. The molecule has 0 amide bonds. The van der Waals surface area contributed by atoms with Crippen LogP contribution in [-0.4, -0.2) is 72.8 Å². The number of nitrogens with one attached hydrogen (secondary N) is 1. The summed E-state index contributed by atoms with van der Waals surface area (Å²) in [6.07, 6.45) is -1.11. The molecule has 0 radical (unpaired) electrons. The molecule has 2 aromatic rings. The first-order valence-electron chi connectivity index (χ1n) is 7.95. The lowest BCUT2D eigenvalue weighted by molar-refractivity contribution is -0.0504. The van der Waals surface area contributed by atoms with Gasteiger partial charge >= 0.3 is 0 Å². The number of aliphatic hydroxyl groups excluding tert-OH is 3. The Balaban J connectivity index is 1.88. The molecule has 2 saturated heterocycles. The summed E-state index contributed by atoms with van der Waals surface area (Å²) < 4.78 is 7.16. The van der Waals surface area contributed by atoms with Crippen LogP contribution in [0.15, 0.2) is 11.1 Å². The Hall–Kier alpha value is -2.01. The van der Waals surface area contributed by atoms with E-state index >= 15 is 0 Å². The SMILES string of the molecule is O=c1[nH]cnc2c1nc(N1CCCC1)n2[C@@H]1O[C@H](CO)[C@@H](O)[C@@H]1O. The average Bonchev–Trinajstić information content (AvgIpc) is 3.27. The number of fused-ring (bicyclic) bond motifs is 1. The van der Waals surface area contributed by atoms with Crippen LogP contribution in [0.4, 0.5) is 5.95 Å². The molecule has 4 atom stereocenters. The molecule has 130 valence electrons. The molecule has 10 heteroatoms. The number of H-pyrrole nitrogens is 1. The molecule has 2 aliphatic rings. The van der Waals surface area contributed by atoms with E-state index in [1.54, 1.807) is 4.57 Å². The van der Waals surface area contributed by atoms with Crippen LogP contribution < -0.4 is 10.5 Å². The lowest BCUT2D eigenvalue weighted by Crippen LogP contribution is -2.34. The van der Waals surface area contributed by atoms with Gasteiger partial charge in [-0.25, -0.2) is 9.97 Å². The lowest BCUT2D eigenvalue weighted by atomic mass is 10.1. The molecule has 0 aliphatic carbocycles. The fourth-order valence-corrected chi connectivity index (χ4v) is 3.38. The molecule has 4 rings (SSSR count). The minimum atomic E-state index is -1.26. The number of ether oxygens (including phenoxy) is 1. The molecule has 0 unspecified atom stereocenters.